The first-order valence-corrected chi connectivity index (χ1v) is 7.62. The minimum Gasteiger partial charge on any atom is -0.741 e. The summed E-state index contributed by atoms with van der Waals surface area (Å²) in [6, 6.07) is 10.4. The summed E-state index contributed by atoms with van der Waals surface area (Å²) in [6.07, 6.45) is 3.16. The zero-order chi connectivity index (χ0) is 17.0. The van der Waals surface area contributed by atoms with Crippen molar-refractivity contribution in [2.75, 3.05) is 0 Å². The molecule has 1 heterocycles. The van der Waals surface area contributed by atoms with Gasteiger partial charge in [0.15, 0.2) is 15.8 Å². The Bertz CT molecular complexity index is 710. The minimum atomic E-state index is -6.09. The predicted octanol–water partition coefficient (Wildman–Crippen LogP) is 2.12. The van der Waals surface area contributed by atoms with Gasteiger partial charge in [-0.3, -0.25) is 0 Å². The van der Waals surface area contributed by atoms with Crippen LogP contribution in [-0.2, 0) is 23.6 Å². The van der Waals surface area contributed by atoms with E-state index in [0.717, 1.165) is 6.42 Å². The zero-order valence-corrected chi connectivity index (χ0v) is 12.7. The molecule has 0 bridgehead atoms. The van der Waals surface area contributed by atoms with Crippen LogP contribution >= 0.6 is 0 Å². The zero-order valence-electron chi connectivity index (χ0n) is 11.9. The van der Waals surface area contributed by atoms with Crippen molar-refractivity contribution in [2.45, 2.75) is 18.9 Å². The van der Waals surface area contributed by atoms with Crippen LogP contribution in [0.5, 0.6) is 0 Å². The van der Waals surface area contributed by atoms with Crippen LogP contribution in [0.4, 0.5) is 13.2 Å². The van der Waals surface area contributed by atoms with E-state index >= 15 is 0 Å². The van der Waals surface area contributed by atoms with Crippen LogP contribution in [-0.4, -0.2) is 23.5 Å². The van der Waals surface area contributed by atoms with Gasteiger partial charge in [-0.15, -0.1) is 0 Å². The van der Waals surface area contributed by atoms with Gasteiger partial charge in [0.05, 0.1) is 7.05 Å². The number of aryl methyl sites for hydroxylation is 2. The van der Waals surface area contributed by atoms with Crippen molar-refractivity contribution in [1.29, 1.82) is 0 Å². The van der Waals surface area contributed by atoms with E-state index in [1.54, 1.807) is 0 Å². The minimum absolute atomic E-state index is 1.03. The summed E-state index contributed by atoms with van der Waals surface area (Å²) in [6.45, 7) is 2.15. The van der Waals surface area contributed by atoms with E-state index in [0.29, 0.717) is 0 Å². The van der Waals surface area contributed by atoms with Crippen molar-refractivity contribution in [3.8, 4) is 11.3 Å². The Morgan fingerprint density at radius 2 is 1.73 bits per heavy atom. The van der Waals surface area contributed by atoms with Gasteiger partial charge >= 0.3 is 5.51 Å². The highest BCUT2D eigenvalue weighted by Gasteiger charge is 2.36. The van der Waals surface area contributed by atoms with E-state index in [-0.39, 0.29) is 0 Å². The molecule has 0 amide bonds. The molecule has 5 nitrogen and oxygen atoms in total. The predicted molar refractivity (Wildman–Crippen MR) is 72.5 cm³/mol. The van der Waals surface area contributed by atoms with Crippen LogP contribution in [0.25, 0.3) is 11.3 Å². The van der Waals surface area contributed by atoms with Crippen molar-refractivity contribution >= 4 is 10.1 Å². The highest BCUT2D eigenvalue weighted by Crippen LogP contribution is 2.20. The molecule has 0 aliphatic carbocycles. The van der Waals surface area contributed by atoms with Crippen molar-refractivity contribution in [3.05, 3.63) is 42.4 Å². The number of benzene rings is 1. The summed E-state index contributed by atoms with van der Waals surface area (Å²) >= 11 is 0. The second kappa shape index (κ2) is 6.93. The highest BCUT2D eigenvalue weighted by atomic mass is 32.2. The fourth-order valence-corrected chi connectivity index (χ4v) is 1.65. The Labute approximate surface area is 126 Å². The molecular weight excluding hydrogens is 321 g/mol. The molecule has 1 N–H and O–H groups in total. The SMILES string of the molecule is CCc1[nH]c(-c2ccccc2)c[n+]1C.O=S(=O)([O-])C(F)(F)F. The second-order valence-electron chi connectivity index (χ2n) is 4.34. The number of H-pyrrole nitrogens is 1. The maximum Gasteiger partial charge on any atom is 0.485 e. The molecule has 0 fully saturated rings. The normalized spacial score (nSPS) is 11.7. The molecular formula is C13H15F3N2O3S. The molecule has 122 valence electrons. The summed E-state index contributed by atoms with van der Waals surface area (Å²) in [5.74, 6) is 1.25. The standard InChI is InChI=1S/C12H14N2.CHF3O3S/c1-3-12-13-11(9-14(12)2)10-7-5-4-6-8-10;2-1(3,4)8(5,6)7/h4-9H,3H2,1-2H3;(H,5,6,7). The lowest BCUT2D eigenvalue weighted by atomic mass is 10.2. The molecule has 0 radical (unpaired) electrons. The van der Waals surface area contributed by atoms with Crippen molar-refractivity contribution < 1.29 is 30.7 Å². The smallest absolute Gasteiger partial charge is 0.485 e. The maximum absolute atomic E-state index is 10.7. The molecule has 0 saturated carbocycles. The number of hydrogen-bond acceptors (Lipinski definition) is 3. The van der Waals surface area contributed by atoms with Gasteiger partial charge in [-0.1, -0.05) is 37.3 Å². The van der Waals surface area contributed by atoms with Gasteiger partial charge in [-0.2, -0.15) is 13.2 Å². The lowest BCUT2D eigenvalue weighted by Crippen LogP contribution is -2.29. The molecule has 0 unspecified atom stereocenters. The van der Waals surface area contributed by atoms with E-state index in [2.05, 4.69) is 54.0 Å². The van der Waals surface area contributed by atoms with Gasteiger partial charge in [0.1, 0.15) is 6.20 Å². The molecule has 0 saturated heterocycles. The van der Waals surface area contributed by atoms with Crippen LogP contribution in [0.2, 0.25) is 0 Å². The van der Waals surface area contributed by atoms with E-state index < -0.39 is 15.6 Å². The number of nitrogens with one attached hydrogen (secondary N) is 1. The van der Waals surface area contributed by atoms with Gasteiger partial charge in [0.25, 0.3) is 5.82 Å². The number of rotatable bonds is 2. The summed E-state index contributed by atoms with van der Waals surface area (Å²) in [7, 11) is -4.02. The van der Waals surface area contributed by atoms with E-state index in [9.17, 15) is 13.2 Å². The Balaban J connectivity index is 0.000000261. The molecule has 0 aliphatic rings. The number of nitrogens with zero attached hydrogens (tertiary/aromatic N) is 1. The third kappa shape index (κ3) is 4.85. The Morgan fingerprint density at radius 3 is 2.09 bits per heavy atom. The molecule has 0 aliphatic heterocycles. The summed E-state index contributed by atoms with van der Waals surface area (Å²) < 4.78 is 61.0. The summed E-state index contributed by atoms with van der Waals surface area (Å²) in [4.78, 5) is 3.41. The number of alkyl halides is 3. The largest absolute Gasteiger partial charge is 0.741 e. The molecule has 9 heteroatoms. The third-order valence-corrected chi connectivity index (χ3v) is 3.30. The number of hydrogen-bond donors (Lipinski definition) is 1. The number of aromatic amines is 1. The molecule has 2 aromatic rings. The average molecular weight is 336 g/mol. The Kier molecular flexibility index (Phi) is 5.72. The first kappa shape index (κ1) is 18.2. The monoisotopic (exact) mass is 336 g/mol. The van der Waals surface area contributed by atoms with Crippen LogP contribution < -0.4 is 4.57 Å². The van der Waals surface area contributed by atoms with Crippen LogP contribution in [0.1, 0.15) is 12.7 Å². The molecule has 1 aromatic carbocycles. The molecule has 22 heavy (non-hydrogen) atoms. The van der Waals surface area contributed by atoms with Gasteiger partial charge < -0.3 is 4.55 Å². The van der Waals surface area contributed by atoms with Crippen LogP contribution in [0, 0.1) is 0 Å². The second-order valence-corrected chi connectivity index (χ2v) is 5.72. The van der Waals surface area contributed by atoms with Crippen LogP contribution in [0.3, 0.4) is 0 Å². The van der Waals surface area contributed by atoms with E-state index in [1.807, 2.05) is 6.07 Å². The first-order valence-electron chi connectivity index (χ1n) is 6.21. The number of halogens is 3. The summed E-state index contributed by atoms with van der Waals surface area (Å²) in [5, 5.41) is 0. The number of imidazole rings is 1. The summed E-state index contributed by atoms with van der Waals surface area (Å²) in [5.41, 5.74) is -3.22. The van der Waals surface area contributed by atoms with Gasteiger partial charge in [-0.25, -0.2) is 18.0 Å². The molecule has 2 rings (SSSR count). The Hall–Kier alpha value is -1.87. The Morgan fingerprint density at radius 1 is 1.23 bits per heavy atom. The first-order chi connectivity index (χ1) is 10.1. The lowest BCUT2D eigenvalue weighted by molar-refractivity contribution is -0.677. The van der Waals surface area contributed by atoms with Gasteiger partial charge in [0, 0.05) is 12.0 Å². The highest BCUT2D eigenvalue weighted by molar-refractivity contribution is 7.86. The van der Waals surface area contributed by atoms with E-state index in [4.69, 9.17) is 13.0 Å². The molecule has 1 aromatic heterocycles. The quantitative estimate of drug-likeness (QED) is 0.518. The molecule has 0 atom stereocenters. The maximum atomic E-state index is 10.7. The fourth-order valence-electron chi connectivity index (χ4n) is 1.65. The average Bonchev–Trinajstić information content (AvgIpc) is 2.79. The van der Waals surface area contributed by atoms with Gasteiger partial charge in [0.2, 0.25) is 0 Å². The lowest BCUT2D eigenvalue weighted by Gasteiger charge is -2.08. The van der Waals surface area contributed by atoms with Gasteiger partial charge in [-0.05, 0) is 0 Å². The van der Waals surface area contributed by atoms with E-state index in [1.165, 1.54) is 17.1 Å². The van der Waals surface area contributed by atoms with Crippen molar-refractivity contribution in [2.24, 2.45) is 7.05 Å². The molecule has 0 spiro atoms. The van der Waals surface area contributed by atoms with Crippen LogP contribution in [0.15, 0.2) is 36.5 Å². The number of aromatic nitrogens is 2. The third-order valence-electron chi connectivity index (χ3n) is 2.73. The topological polar surface area (TPSA) is 76.9 Å². The van der Waals surface area contributed by atoms with Crippen molar-refractivity contribution in [3.63, 3.8) is 0 Å². The van der Waals surface area contributed by atoms with Crippen molar-refractivity contribution in [1.82, 2.24) is 4.98 Å². The fraction of sp³-hybridized carbons (Fsp3) is 0.308.